The van der Waals surface area contributed by atoms with E-state index in [1.54, 1.807) is 6.07 Å². The molecule has 3 N–H and O–H groups in total. The zero-order chi connectivity index (χ0) is 17.5. The summed E-state index contributed by atoms with van der Waals surface area (Å²) in [6.07, 6.45) is -2.04. The van der Waals surface area contributed by atoms with Crippen LogP contribution in [-0.2, 0) is 11.2 Å². The molecule has 130 valence electrons. The first-order valence-electron chi connectivity index (χ1n) is 7.49. The molecule has 0 radical (unpaired) electrons. The maximum Gasteiger partial charge on any atom is 0.573 e. The third-order valence-corrected chi connectivity index (χ3v) is 3.62. The molecule has 0 heterocycles. The highest BCUT2D eigenvalue weighted by Gasteiger charge is 2.31. The Labute approximate surface area is 133 Å². The first-order valence-corrected chi connectivity index (χ1v) is 7.49. The lowest BCUT2D eigenvalue weighted by Crippen LogP contribution is -2.25. The van der Waals surface area contributed by atoms with Crippen LogP contribution in [0.25, 0.3) is 0 Å². The fourth-order valence-electron chi connectivity index (χ4n) is 2.45. The Morgan fingerprint density at radius 2 is 2.09 bits per heavy atom. The summed E-state index contributed by atoms with van der Waals surface area (Å²) in [5.41, 5.74) is 6.18. The van der Waals surface area contributed by atoms with Gasteiger partial charge in [0.1, 0.15) is 5.75 Å². The molecule has 0 fully saturated rings. The third kappa shape index (κ3) is 7.88. The summed E-state index contributed by atoms with van der Waals surface area (Å²) in [5.74, 6) is -1.48. The first-order chi connectivity index (χ1) is 10.7. The van der Waals surface area contributed by atoms with Gasteiger partial charge in [0.05, 0.1) is 5.92 Å². The SMILES string of the molecule is CC(CCCc1cccc(OC(F)(F)F)c1)CC(CN)C(=O)O. The van der Waals surface area contributed by atoms with Gasteiger partial charge >= 0.3 is 12.3 Å². The second kappa shape index (κ2) is 8.76. The number of carbonyl (C=O) groups is 1. The number of aliphatic carboxylic acids is 1. The van der Waals surface area contributed by atoms with E-state index in [0.717, 1.165) is 18.4 Å². The van der Waals surface area contributed by atoms with Gasteiger partial charge in [-0.3, -0.25) is 4.79 Å². The van der Waals surface area contributed by atoms with Crippen LogP contribution < -0.4 is 10.5 Å². The van der Waals surface area contributed by atoms with Crippen molar-refractivity contribution < 1.29 is 27.8 Å². The fraction of sp³-hybridized carbons (Fsp3) is 0.562. The van der Waals surface area contributed by atoms with Crippen LogP contribution in [-0.4, -0.2) is 24.0 Å². The normalized spacial score (nSPS) is 14.3. The number of alkyl halides is 3. The fourth-order valence-corrected chi connectivity index (χ4v) is 2.45. The summed E-state index contributed by atoms with van der Waals surface area (Å²) in [7, 11) is 0. The molecule has 0 saturated carbocycles. The van der Waals surface area contributed by atoms with E-state index in [2.05, 4.69) is 4.74 Å². The van der Waals surface area contributed by atoms with Crippen molar-refractivity contribution in [2.75, 3.05) is 6.54 Å². The summed E-state index contributed by atoms with van der Waals surface area (Å²) in [4.78, 5) is 10.9. The van der Waals surface area contributed by atoms with Crippen molar-refractivity contribution in [1.82, 2.24) is 0 Å². The van der Waals surface area contributed by atoms with Gasteiger partial charge in [-0.2, -0.15) is 0 Å². The van der Waals surface area contributed by atoms with Crippen molar-refractivity contribution in [2.45, 2.75) is 39.0 Å². The molecular weight excluding hydrogens is 311 g/mol. The first kappa shape index (κ1) is 19.3. The smallest absolute Gasteiger partial charge is 0.481 e. The average molecular weight is 333 g/mol. The zero-order valence-electron chi connectivity index (χ0n) is 13.0. The Kier molecular flexibility index (Phi) is 7.35. The van der Waals surface area contributed by atoms with Crippen LogP contribution in [0.2, 0.25) is 0 Å². The second-order valence-corrected chi connectivity index (χ2v) is 5.70. The van der Waals surface area contributed by atoms with Gasteiger partial charge in [-0.1, -0.05) is 25.5 Å². The van der Waals surface area contributed by atoms with Crippen LogP contribution in [0.15, 0.2) is 24.3 Å². The van der Waals surface area contributed by atoms with E-state index < -0.39 is 18.2 Å². The van der Waals surface area contributed by atoms with Gasteiger partial charge in [0, 0.05) is 6.54 Å². The molecule has 0 aliphatic rings. The molecule has 23 heavy (non-hydrogen) atoms. The molecule has 0 aliphatic heterocycles. The number of benzene rings is 1. The van der Waals surface area contributed by atoms with Gasteiger partial charge in [-0.05, 0) is 42.9 Å². The molecular formula is C16H22F3NO3. The van der Waals surface area contributed by atoms with Crippen LogP contribution in [0.1, 0.15) is 31.7 Å². The van der Waals surface area contributed by atoms with E-state index in [4.69, 9.17) is 10.8 Å². The van der Waals surface area contributed by atoms with Crippen molar-refractivity contribution in [3.05, 3.63) is 29.8 Å². The quantitative estimate of drug-likeness (QED) is 0.724. The van der Waals surface area contributed by atoms with E-state index in [1.165, 1.54) is 18.2 Å². The number of carboxylic acids is 1. The molecule has 0 saturated heterocycles. The zero-order valence-corrected chi connectivity index (χ0v) is 13.0. The standard InChI is InChI=1S/C16H22F3NO3/c1-11(8-13(10-20)15(21)22)4-2-5-12-6-3-7-14(9-12)23-16(17,18)19/h3,6-7,9,11,13H,2,4-5,8,10,20H2,1H3,(H,21,22). The van der Waals surface area contributed by atoms with Crippen molar-refractivity contribution in [2.24, 2.45) is 17.6 Å². The van der Waals surface area contributed by atoms with Crippen molar-refractivity contribution >= 4 is 5.97 Å². The number of rotatable bonds is 9. The predicted octanol–water partition coefficient (Wildman–Crippen LogP) is 3.59. The van der Waals surface area contributed by atoms with E-state index in [9.17, 15) is 18.0 Å². The highest BCUT2D eigenvalue weighted by atomic mass is 19.4. The Hall–Kier alpha value is -1.76. The van der Waals surface area contributed by atoms with Crippen LogP contribution in [0.3, 0.4) is 0 Å². The lowest BCUT2D eigenvalue weighted by atomic mass is 9.91. The van der Waals surface area contributed by atoms with Crippen molar-refractivity contribution in [1.29, 1.82) is 0 Å². The van der Waals surface area contributed by atoms with Crippen LogP contribution >= 0.6 is 0 Å². The number of halogens is 3. The number of ether oxygens (including phenoxy) is 1. The van der Waals surface area contributed by atoms with Crippen LogP contribution in [0.5, 0.6) is 5.75 Å². The molecule has 2 atom stereocenters. The van der Waals surface area contributed by atoms with Crippen molar-refractivity contribution in [3.8, 4) is 5.75 Å². The van der Waals surface area contributed by atoms with Crippen LogP contribution in [0, 0.1) is 11.8 Å². The Morgan fingerprint density at radius 3 is 2.65 bits per heavy atom. The monoisotopic (exact) mass is 333 g/mol. The Balaban J connectivity index is 2.43. The number of aryl methyl sites for hydroxylation is 1. The number of hydrogen-bond acceptors (Lipinski definition) is 3. The van der Waals surface area contributed by atoms with E-state index in [-0.39, 0.29) is 18.2 Å². The van der Waals surface area contributed by atoms with Gasteiger partial charge in [0.15, 0.2) is 0 Å². The summed E-state index contributed by atoms with van der Waals surface area (Å²) < 4.78 is 40.4. The molecule has 0 spiro atoms. The Bertz CT molecular complexity index is 506. The molecule has 1 aromatic rings. The predicted molar refractivity (Wildman–Crippen MR) is 80.0 cm³/mol. The van der Waals surface area contributed by atoms with Crippen LogP contribution in [0.4, 0.5) is 13.2 Å². The summed E-state index contributed by atoms with van der Waals surface area (Å²) in [5, 5.41) is 8.96. The minimum Gasteiger partial charge on any atom is -0.481 e. The highest BCUT2D eigenvalue weighted by molar-refractivity contribution is 5.70. The molecule has 0 aromatic heterocycles. The van der Waals surface area contributed by atoms with Gasteiger partial charge < -0.3 is 15.6 Å². The minimum absolute atomic E-state index is 0.108. The lowest BCUT2D eigenvalue weighted by Gasteiger charge is -2.16. The third-order valence-electron chi connectivity index (χ3n) is 3.62. The van der Waals surface area contributed by atoms with Gasteiger partial charge in [-0.15, -0.1) is 13.2 Å². The molecule has 0 amide bonds. The average Bonchev–Trinajstić information content (AvgIpc) is 2.43. The van der Waals surface area contributed by atoms with E-state index in [0.29, 0.717) is 12.8 Å². The molecule has 4 nitrogen and oxygen atoms in total. The molecule has 2 unspecified atom stereocenters. The highest BCUT2D eigenvalue weighted by Crippen LogP contribution is 2.24. The van der Waals surface area contributed by atoms with Gasteiger partial charge in [-0.25, -0.2) is 0 Å². The van der Waals surface area contributed by atoms with Gasteiger partial charge in [0.2, 0.25) is 0 Å². The minimum atomic E-state index is -4.69. The summed E-state index contributed by atoms with van der Waals surface area (Å²) >= 11 is 0. The molecule has 1 rings (SSSR count). The van der Waals surface area contributed by atoms with E-state index >= 15 is 0 Å². The molecule has 0 bridgehead atoms. The maximum absolute atomic E-state index is 12.2. The molecule has 0 aliphatic carbocycles. The van der Waals surface area contributed by atoms with E-state index in [1.807, 2.05) is 6.92 Å². The molecule has 7 heteroatoms. The lowest BCUT2D eigenvalue weighted by molar-refractivity contribution is -0.274. The summed E-state index contributed by atoms with van der Waals surface area (Å²) in [6.45, 7) is 2.06. The number of hydrogen-bond donors (Lipinski definition) is 2. The largest absolute Gasteiger partial charge is 0.573 e. The maximum atomic E-state index is 12.2. The topological polar surface area (TPSA) is 72.5 Å². The Morgan fingerprint density at radius 1 is 1.39 bits per heavy atom. The van der Waals surface area contributed by atoms with Crippen molar-refractivity contribution in [3.63, 3.8) is 0 Å². The number of carboxylic acid groups (broad SMARTS) is 1. The molecule has 1 aromatic carbocycles. The van der Waals surface area contributed by atoms with Gasteiger partial charge in [0.25, 0.3) is 0 Å². The number of nitrogens with two attached hydrogens (primary N) is 1. The second-order valence-electron chi connectivity index (χ2n) is 5.70. The summed E-state index contributed by atoms with van der Waals surface area (Å²) in [6, 6.07) is 5.90.